The molecule has 0 radical (unpaired) electrons. The molecule has 31 heavy (non-hydrogen) atoms. The molecule has 160 valence electrons. The summed E-state index contributed by atoms with van der Waals surface area (Å²) >= 11 is 1.56. The van der Waals surface area contributed by atoms with Crippen LogP contribution in [0.3, 0.4) is 0 Å². The summed E-state index contributed by atoms with van der Waals surface area (Å²) in [5, 5.41) is 2.08. The van der Waals surface area contributed by atoms with Crippen LogP contribution in [0.15, 0.2) is 75.7 Å². The van der Waals surface area contributed by atoms with Crippen LogP contribution in [0.5, 0.6) is 17.2 Å². The SMILES string of the molecule is CCOc1ccc(N=c2scc(-c3cc(OC)ccc3OC)n2Cc2ccco2)cc1. The van der Waals surface area contributed by atoms with Crippen LogP contribution in [0.2, 0.25) is 0 Å². The maximum Gasteiger partial charge on any atom is 0.190 e. The smallest absolute Gasteiger partial charge is 0.190 e. The molecule has 2 heterocycles. The fraction of sp³-hybridized carbons (Fsp3) is 0.208. The fourth-order valence-corrected chi connectivity index (χ4v) is 4.17. The third-order valence-electron chi connectivity index (χ3n) is 4.75. The number of rotatable bonds is 8. The van der Waals surface area contributed by atoms with Crippen molar-refractivity contribution in [2.24, 2.45) is 4.99 Å². The van der Waals surface area contributed by atoms with E-state index in [1.807, 2.05) is 61.5 Å². The maximum atomic E-state index is 5.62. The molecule has 6 nitrogen and oxygen atoms in total. The Labute approximate surface area is 185 Å². The number of hydrogen-bond donors (Lipinski definition) is 0. The average molecular weight is 437 g/mol. The lowest BCUT2D eigenvalue weighted by Crippen LogP contribution is -2.16. The van der Waals surface area contributed by atoms with Crippen molar-refractivity contribution in [2.45, 2.75) is 13.5 Å². The van der Waals surface area contributed by atoms with Gasteiger partial charge in [0.1, 0.15) is 23.0 Å². The van der Waals surface area contributed by atoms with Crippen molar-refractivity contribution in [1.82, 2.24) is 4.57 Å². The largest absolute Gasteiger partial charge is 0.497 e. The van der Waals surface area contributed by atoms with Crippen molar-refractivity contribution < 1.29 is 18.6 Å². The lowest BCUT2D eigenvalue weighted by molar-refractivity contribution is 0.340. The van der Waals surface area contributed by atoms with Crippen LogP contribution in [0.4, 0.5) is 5.69 Å². The highest BCUT2D eigenvalue weighted by atomic mass is 32.1. The molecule has 0 unspecified atom stereocenters. The first kappa shape index (κ1) is 20.8. The highest BCUT2D eigenvalue weighted by molar-refractivity contribution is 7.07. The van der Waals surface area contributed by atoms with Crippen molar-refractivity contribution in [3.63, 3.8) is 0 Å². The van der Waals surface area contributed by atoms with Crippen LogP contribution in [-0.2, 0) is 6.54 Å². The molecule has 4 rings (SSSR count). The first-order valence-corrected chi connectivity index (χ1v) is 10.8. The highest BCUT2D eigenvalue weighted by Crippen LogP contribution is 2.34. The zero-order chi connectivity index (χ0) is 21.6. The summed E-state index contributed by atoms with van der Waals surface area (Å²) in [6, 6.07) is 17.4. The second-order valence-corrected chi connectivity index (χ2v) is 7.51. The van der Waals surface area contributed by atoms with Crippen molar-refractivity contribution in [1.29, 1.82) is 0 Å². The molecule has 0 aliphatic carbocycles. The van der Waals surface area contributed by atoms with Gasteiger partial charge in [-0.15, -0.1) is 11.3 Å². The molecule has 0 amide bonds. The first-order chi connectivity index (χ1) is 15.2. The zero-order valence-electron chi connectivity index (χ0n) is 17.7. The molecule has 2 aromatic carbocycles. The molecule has 4 aromatic rings. The van der Waals surface area contributed by atoms with E-state index in [9.17, 15) is 0 Å². The summed E-state index contributed by atoms with van der Waals surface area (Å²) < 4.78 is 24.3. The Hall–Kier alpha value is -3.45. The molecule has 0 aliphatic rings. The van der Waals surface area contributed by atoms with Crippen LogP contribution in [0, 0.1) is 0 Å². The zero-order valence-corrected chi connectivity index (χ0v) is 18.5. The van der Waals surface area contributed by atoms with Gasteiger partial charge in [0.2, 0.25) is 0 Å². The third kappa shape index (κ3) is 4.67. The number of thiazole rings is 1. The maximum absolute atomic E-state index is 5.62. The Morgan fingerprint density at radius 3 is 2.48 bits per heavy atom. The third-order valence-corrected chi connectivity index (χ3v) is 5.61. The van der Waals surface area contributed by atoms with E-state index < -0.39 is 0 Å². The quantitative estimate of drug-likeness (QED) is 0.366. The molecule has 0 bridgehead atoms. The van der Waals surface area contributed by atoms with Crippen LogP contribution < -0.4 is 19.0 Å². The number of aromatic nitrogens is 1. The normalized spacial score (nSPS) is 11.5. The van der Waals surface area contributed by atoms with Crippen molar-refractivity contribution >= 4 is 17.0 Å². The summed E-state index contributed by atoms with van der Waals surface area (Å²) in [7, 11) is 3.32. The van der Waals surface area contributed by atoms with Gasteiger partial charge in [0, 0.05) is 10.9 Å². The molecule has 0 fully saturated rings. The van der Waals surface area contributed by atoms with Gasteiger partial charge in [-0.3, -0.25) is 0 Å². The minimum atomic E-state index is 0.544. The summed E-state index contributed by atoms with van der Waals surface area (Å²) in [5.41, 5.74) is 2.75. The van der Waals surface area contributed by atoms with Crippen molar-refractivity contribution in [3.05, 3.63) is 76.8 Å². The molecule has 7 heteroatoms. The molecule has 0 atom stereocenters. The molecule has 2 aromatic heterocycles. The molecule has 0 saturated carbocycles. The Bertz CT molecular complexity index is 1190. The Morgan fingerprint density at radius 1 is 1.00 bits per heavy atom. The first-order valence-electron chi connectivity index (χ1n) is 9.92. The minimum Gasteiger partial charge on any atom is -0.497 e. The standard InChI is InChI=1S/C24H24N2O4S/c1-4-29-18-9-7-17(8-10-18)25-24-26(15-20-6-5-13-30-20)22(16-31-24)21-14-19(27-2)11-12-23(21)28-3/h5-14,16H,4,15H2,1-3H3. The van der Waals surface area contributed by atoms with E-state index in [-0.39, 0.29) is 0 Å². The minimum absolute atomic E-state index is 0.544. The molecular formula is C24H24N2O4S. The highest BCUT2D eigenvalue weighted by Gasteiger charge is 2.15. The van der Waals surface area contributed by atoms with Gasteiger partial charge in [0.25, 0.3) is 0 Å². The molecule has 0 saturated heterocycles. The summed E-state index contributed by atoms with van der Waals surface area (Å²) in [4.78, 5) is 5.73. The van der Waals surface area contributed by atoms with E-state index in [4.69, 9.17) is 23.6 Å². The predicted octanol–water partition coefficient (Wildman–Crippen LogP) is 5.51. The van der Waals surface area contributed by atoms with Gasteiger partial charge >= 0.3 is 0 Å². The van der Waals surface area contributed by atoms with Gasteiger partial charge in [-0.2, -0.15) is 0 Å². The average Bonchev–Trinajstić information content (AvgIpc) is 3.45. The Balaban J connectivity index is 1.83. The molecule has 0 N–H and O–H groups in total. The van der Waals surface area contributed by atoms with Gasteiger partial charge in [0.05, 0.1) is 45.0 Å². The van der Waals surface area contributed by atoms with E-state index in [0.29, 0.717) is 13.2 Å². The number of benzene rings is 2. The summed E-state index contributed by atoms with van der Waals surface area (Å²) in [5.74, 6) is 3.20. The fourth-order valence-electron chi connectivity index (χ4n) is 3.25. The monoisotopic (exact) mass is 436 g/mol. The second-order valence-electron chi connectivity index (χ2n) is 6.67. The van der Waals surface area contributed by atoms with Crippen LogP contribution in [0.25, 0.3) is 11.3 Å². The number of nitrogens with zero attached hydrogens (tertiary/aromatic N) is 2. The second kappa shape index (κ2) is 9.57. The van der Waals surface area contributed by atoms with Crippen LogP contribution in [0.1, 0.15) is 12.7 Å². The number of furan rings is 1. The van der Waals surface area contributed by atoms with E-state index in [1.54, 1.807) is 31.8 Å². The summed E-state index contributed by atoms with van der Waals surface area (Å²) in [6.07, 6.45) is 1.68. The lowest BCUT2D eigenvalue weighted by atomic mass is 10.1. The number of hydrogen-bond acceptors (Lipinski definition) is 6. The van der Waals surface area contributed by atoms with Crippen molar-refractivity contribution in [2.75, 3.05) is 20.8 Å². The van der Waals surface area contributed by atoms with Crippen molar-refractivity contribution in [3.8, 4) is 28.5 Å². The van der Waals surface area contributed by atoms with Gasteiger partial charge < -0.3 is 23.2 Å². The summed E-state index contributed by atoms with van der Waals surface area (Å²) in [6.45, 7) is 3.15. The van der Waals surface area contributed by atoms with E-state index in [1.165, 1.54) is 0 Å². The van der Waals surface area contributed by atoms with E-state index in [0.717, 1.165) is 44.8 Å². The lowest BCUT2D eigenvalue weighted by Gasteiger charge is -2.13. The van der Waals surface area contributed by atoms with Gasteiger partial charge in [0.15, 0.2) is 4.80 Å². The van der Waals surface area contributed by atoms with Gasteiger partial charge in [-0.25, -0.2) is 4.99 Å². The molecular weight excluding hydrogens is 412 g/mol. The molecule has 0 spiro atoms. The Morgan fingerprint density at radius 2 is 1.81 bits per heavy atom. The molecule has 0 aliphatic heterocycles. The Kier molecular flexibility index (Phi) is 6.43. The van der Waals surface area contributed by atoms with Crippen LogP contribution >= 0.6 is 11.3 Å². The number of ether oxygens (including phenoxy) is 3. The van der Waals surface area contributed by atoms with Gasteiger partial charge in [-0.05, 0) is 61.5 Å². The van der Waals surface area contributed by atoms with E-state index in [2.05, 4.69) is 9.95 Å². The number of methoxy groups -OCH3 is 2. The van der Waals surface area contributed by atoms with E-state index >= 15 is 0 Å². The van der Waals surface area contributed by atoms with Crippen LogP contribution in [-0.4, -0.2) is 25.4 Å². The van der Waals surface area contributed by atoms with Gasteiger partial charge in [-0.1, -0.05) is 0 Å². The topological polar surface area (TPSA) is 58.1 Å². The predicted molar refractivity (Wildman–Crippen MR) is 121 cm³/mol.